The van der Waals surface area contributed by atoms with Crippen LogP contribution in [0.25, 0.3) is 0 Å². The van der Waals surface area contributed by atoms with Gasteiger partial charge in [0.15, 0.2) is 19.7 Å². The fraction of sp³-hybridized carbons (Fsp3) is 0.308. The van der Waals surface area contributed by atoms with Crippen LogP contribution in [0.2, 0.25) is 5.02 Å². The highest BCUT2D eigenvalue weighted by Crippen LogP contribution is 2.50. The Morgan fingerprint density at radius 3 is 2.08 bits per heavy atom. The molecular formula is C26H22ClF5O4S2. The van der Waals surface area contributed by atoms with Gasteiger partial charge in [0.2, 0.25) is 0 Å². The minimum Gasteiger partial charge on any atom is -0.224 e. The first-order valence-electron chi connectivity index (χ1n) is 11.5. The summed E-state index contributed by atoms with van der Waals surface area (Å²) in [5.41, 5.74) is -1.66. The van der Waals surface area contributed by atoms with Gasteiger partial charge in [-0.2, -0.15) is 13.2 Å². The zero-order chi connectivity index (χ0) is 27.9. The maximum Gasteiger partial charge on any atom is 0.417 e. The summed E-state index contributed by atoms with van der Waals surface area (Å²) in [4.78, 5) is -1.02. The number of benzene rings is 3. The summed E-state index contributed by atoms with van der Waals surface area (Å²) in [5, 5.41) is 0.267. The molecule has 1 aliphatic rings. The van der Waals surface area contributed by atoms with Crippen LogP contribution in [0.4, 0.5) is 22.0 Å². The number of hydrogen-bond donors (Lipinski definition) is 0. The van der Waals surface area contributed by atoms with Gasteiger partial charge in [-0.05, 0) is 86.2 Å². The van der Waals surface area contributed by atoms with Crippen molar-refractivity contribution in [2.45, 2.75) is 46.4 Å². The van der Waals surface area contributed by atoms with Crippen LogP contribution in [0.3, 0.4) is 0 Å². The van der Waals surface area contributed by atoms with Crippen LogP contribution in [-0.2, 0) is 30.6 Å². The van der Waals surface area contributed by atoms with Gasteiger partial charge in [0.1, 0.15) is 16.4 Å². The highest BCUT2D eigenvalue weighted by molar-refractivity contribution is 7.92. The van der Waals surface area contributed by atoms with E-state index in [9.17, 15) is 34.4 Å². The fourth-order valence-electron chi connectivity index (χ4n) is 5.05. The van der Waals surface area contributed by atoms with Gasteiger partial charge in [-0.25, -0.2) is 25.6 Å². The highest BCUT2D eigenvalue weighted by atomic mass is 35.5. The van der Waals surface area contributed by atoms with Gasteiger partial charge >= 0.3 is 6.18 Å². The fourth-order valence-corrected chi connectivity index (χ4v) is 9.28. The molecule has 0 atom stereocenters. The van der Waals surface area contributed by atoms with Crippen molar-refractivity contribution in [3.8, 4) is 0 Å². The topological polar surface area (TPSA) is 68.3 Å². The molecule has 1 fully saturated rings. The summed E-state index contributed by atoms with van der Waals surface area (Å²) in [7, 11) is -8.74. The van der Waals surface area contributed by atoms with E-state index in [1.807, 2.05) is 0 Å². The van der Waals surface area contributed by atoms with Crippen LogP contribution in [0.5, 0.6) is 0 Å². The van der Waals surface area contributed by atoms with Crippen molar-refractivity contribution in [2.75, 3.05) is 5.75 Å². The van der Waals surface area contributed by atoms with Crippen LogP contribution in [0.15, 0.2) is 76.5 Å². The molecule has 1 aliphatic carbocycles. The molecule has 0 unspecified atom stereocenters. The maximum atomic E-state index is 15.0. The zero-order valence-electron chi connectivity index (χ0n) is 19.7. The molecule has 12 heteroatoms. The molecule has 0 saturated heterocycles. The van der Waals surface area contributed by atoms with Crippen LogP contribution >= 0.6 is 11.6 Å². The molecule has 204 valence electrons. The van der Waals surface area contributed by atoms with Crippen molar-refractivity contribution in [3.63, 3.8) is 0 Å². The average molecular weight is 593 g/mol. The zero-order valence-corrected chi connectivity index (χ0v) is 22.1. The van der Waals surface area contributed by atoms with Crippen molar-refractivity contribution in [1.29, 1.82) is 0 Å². The van der Waals surface area contributed by atoms with E-state index in [-0.39, 0.29) is 41.2 Å². The predicted octanol–water partition coefficient (Wildman–Crippen LogP) is 6.97. The Morgan fingerprint density at radius 1 is 0.868 bits per heavy atom. The molecule has 0 aliphatic heterocycles. The largest absolute Gasteiger partial charge is 0.417 e. The third-order valence-corrected chi connectivity index (χ3v) is 11.7. The van der Waals surface area contributed by atoms with E-state index >= 15 is 4.39 Å². The summed E-state index contributed by atoms with van der Waals surface area (Å²) < 4.78 is 121. The van der Waals surface area contributed by atoms with Crippen molar-refractivity contribution < 1.29 is 38.8 Å². The second kappa shape index (κ2) is 10.2. The second-order valence-electron chi connectivity index (χ2n) is 9.29. The summed E-state index contributed by atoms with van der Waals surface area (Å²) in [6, 6.07) is 11.6. The molecule has 0 spiro atoms. The van der Waals surface area contributed by atoms with E-state index in [1.165, 1.54) is 30.3 Å². The number of sulfone groups is 2. The molecule has 0 heterocycles. The van der Waals surface area contributed by atoms with Crippen LogP contribution in [0.1, 0.15) is 36.8 Å². The molecule has 1 saturated carbocycles. The Hall–Kier alpha value is -2.50. The van der Waals surface area contributed by atoms with Crippen molar-refractivity contribution in [1.82, 2.24) is 0 Å². The van der Waals surface area contributed by atoms with E-state index in [2.05, 4.69) is 0 Å². The van der Waals surface area contributed by atoms with E-state index in [4.69, 9.17) is 11.6 Å². The molecule has 4 rings (SSSR count). The quantitative estimate of drug-likeness (QED) is 0.290. The lowest BCUT2D eigenvalue weighted by Gasteiger charge is -2.40. The van der Waals surface area contributed by atoms with Crippen LogP contribution < -0.4 is 0 Å². The third kappa shape index (κ3) is 5.33. The van der Waals surface area contributed by atoms with Gasteiger partial charge in [0.25, 0.3) is 0 Å². The first-order chi connectivity index (χ1) is 17.7. The SMILES string of the molecule is O=S(=O)(CC1CCC(c2cc(F)ccc2F)(S(=O)(=O)c2ccc(Cl)cc2)CC1)c1ccccc1C(F)(F)F. The molecule has 4 nitrogen and oxygen atoms in total. The smallest absolute Gasteiger partial charge is 0.224 e. The summed E-state index contributed by atoms with van der Waals surface area (Å²) in [6.07, 6.45) is -5.53. The standard InChI is InChI=1S/C26H22ClF5O4S2/c27-18-5-8-20(9-6-18)38(35,36)25(22-15-19(28)7-10-23(22)29)13-11-17(12-14-25)16-37(33,34)24-4-2-1-3-21(24)26(30,31)32/h1-10,15,17H,11-14,16H2. The van der Waals surface area contributed by atoms with E-state index in [1.54, 1.807) is 0 Å². The lowest BCUT2D eigenvalue weighted by Crippen LogP contribution is -2.41. The maximum absolute atomic E-state index is 15.0. The minimum absolute atomic E-state index is 0.0593. The Morgan fingerprint density at radius 2 is 1.47 bits per heavy atom. The second-order valence-corrected chi connectivity index (χ2v) is 14.0. The number of hydrogen-bond acceptors (Lipinski definition) is 4. The lowest BCUT2D eigenvalue weighted by atomic mass is 9.78. The van der Waals surface area contributed by atoms with E-state index < -0.39 is 64.4 Å². The van der Waals surface area contributed by atoms with Crippen molar-refractivity contribution in [2.24, 2.45) is 5.92 Å². The molecule has 0 aromatic heterocycles. The lowest BCUT2D eigenvalue weighted by molar-refractivity contribution is -0.139. The molecule has 3 aromatic carbocycles. The number of rotatable bonds is 6. The first-order valence-corrected chi connectivity index (χ1v) is 15.0. The molecule has 0 N–H and O–H groups in total. The molecule has 0 bridgehead atoms. The minimum atomic E-state index is -4.88. The monoisotopic (exact) mass is 592 g/mol. The van der Waals surface area contributed by atoms with Gasteiger partial charge in [-0.15, -0.1) is 0 Å². The molecule has 38 heavy (non-hydrogen) atoms. The van der Waals surface area contributed by atoms with Gasteiger partial charge < -0.3 is 0 Å². The predicted molar refractivity (Wildman–Crippen MR) is 132 cm³/mol. The van der Waals surface area contributed by atoms with Gasteiger partial charge in [0, 0.05) is 10.6 Å². The molecule has 0 amide bonds. The summed E-state index contributed by atoms with van der Waals surface area (Å²) >= 11 is 5.88. The first kappa shape index (κ1) is 28.5. The van der Waals surface area contributed by atoms with Crippen molar-refractivity contribution in [3.05, 3.63) is 94.5 Å². The van der Waals surface area contributed by atoms with Gasteiger partial charge in [-0.1, -0.05) is 23.7 Å². The third-order valence-electron chi connectivity index (χ3n) is 6.95. The molecular weight excluding hydrogens is 571 g/mol. The van der Waals surface area contributed by atoms with Crippen molar-refractivity contribution >= 4 is 31.3 Å². The Kier molecular flexibility index (Phi) is 7.68. The molecule has 0 radical (unpaired) electrons. The van der Waals surface area contributed by atoms with Crippen LogP contribution in [0, 0.1) is 17.6 Å². The number of alkyl halides is 3. The Bertz CT molecular complexity index is 1550. The molecule has 3 aromatic rings. The van der Waals surface area contributed by atoms with Gasteiger partial charge in [0.05, 0.1) is 21.1 Å². The van der Waals surface area contributed by atoms with Crippen LogP contribution in [-0.4, -0.2) is 22.6 Å². The van der Waals surface area contributed by atoms with E-state index in [0.717, 1.165) is 30.3 Å². The Balaban J connectivity index is 1.70. The van der Waals surface area contributed by atoms with E-state index in [0.29, 0.717) is 6.07 Å². The summed E-state index contributed by atoms with van der Waals surface area (Å²) in [5.74, 6) is -3.14. The van der Waals surface area contributed by atoms with Gasteiger partial charge in [-0.3, -0.25) is 0 Å². The normalized spacial score (nSPS) is 20.8. The number of halogens is 6. The highest BCUT2D eigenvalue weighted by Gasteiger charge is 2.50. The Labute approximate surface area is 222 Å². The summed E-state index contributed by atoms with van der Waals surface area (Å²) in [6.45, 7) is 0. The average Bonchev–Trinajstić information content (AvgIpc) is 2.85.